The predicted molar refractivity (Wildman–Crippen MR) is 107 cm³/mol. The van der Waals surface area contributed by atoms with Gasteiger partial charge in [-0.3, -0.25) is 9.59 Å². The lowest BCUT2D eigenvalue weighted by molar-refractivity contribution is 0.0509. The lowest BCUT2D eigenvalue weighted by Gasteiger charge is -2.47. The largest absolute Gasteiger partial charge is 0.375 e. The average molecular weight is 387 g/mol. The smallest absolute Gasteiger partial charge is 0.273 e. The number of carbonyl (C=O) groups is 1. The molecule has 1 saturated heterocycles. The van der Waals surface area contributed by atoms with Gasteiger partial charge in [-0.2, -0.15) is 0 Å². The molecule has 4 heterocycles. The zero-order valence-corrected chi connectivity index (χ0v) is 16.6. The summed E-state index contributed by atoms with van der Waals surface area (Å²) in [7, 11) is 0. The van der Waals surface area contributed by atoms with Crippen LogP contribution in [0.25, 0.3) is 0 Å². The number of hydrogen-bond acceptors (Lipinski definition) is 5. The van der Waals surface area contributed by atoms with Crippen LogP contribution in [-0.4, -0.2) is 33.4 Å². The van der Waals surface area contributed by atoms with Crippen LogP contribution in [0.4, 0.5) is 5.13 Å². The van der Waals surface area contributed by atoms with Crippen molar-refractivity contribution in [3.8, 4) is 0 Å². The number of hydrogen-bond donors (Lipinski definition) is 1. The van der Waals surface area contributed by atoms with Crippen molar-refractivity contribution >= 4 is 22.4 Å². The molecule has 4 rings (SSSR count). The first-order chi connectivity index (χ1) is 12.9. The van der Waals surface area contributed by atoms with Gasteiger partial charge >= 0.3 is 0 Å². The molecule has 1 amide bonds. The number of aromatic nitrogens is 2. The van der Waals surface area contributed by atoms with Crippen molar-refractivity contribution < 1.29 is 4.79 Å². The van der Waals surface area contributed by atoms with E-state index in [0.717, 1.165) is 25.0 Å². The number of pyridine rings is 1. The first kappa shape index (κ1) is 18.2. The number of carbonyl (C=O) groups excluding carboxylic acids is 1. The molecule has 27 heavy (non-hydrogen) atoms. The van der Waals surface area contributed by atoms with Crippen molar-refractivity contribution in [1.29, 1.82) is 0 Å². The minimum Gasteiger partial charge on any atom is -0.375 e. The van der Waals surface area contributed by atoms with Gasteiger partial charge in [0.2, 0.25) is 0 Å². The Labute approximate surface area is 163 Å². The van der Waals surface area contributed by atoms with E-state index >= 15 is 0 Å². The van der Waals surface area contributed by atoms with E-state index in [2.05, 4.69) is 24.9 Å². The summed E-state index contributed by atoms with van der Waals surface area (Å²) in [6.45, 7) is 5.73. The van der Waals surface area contributed by atoms with Gasteiger partial charge < -0.3 is 15.2 Å². The number of nitrogen functional groups attached to an aromatic ring is 1. The summed E-state index contributed by atoms with van der Waals surface area (Å²) in [5, 5.41) is 2.15. The lowest BCUT2D eigenvalue weighted by Crippen LogP contribution is -2.51. The molecule has 0 spiro atoms. The van der Waals surface area contributed by atoms with Gasteiger partial charge in [-0.25, -0.2) is 4.98 Å². The van der Waals surface area contributed by atoms with Crippen LogP contribution in [0, 0.1) is 11.8 Å². The molecular weight excluding hydrogens is 360 g/mol. The van der Waals surface area contributed by atoms with E-state index in [4.69, 9.17) is 5.73 Å². The van der Waals surface area contributed by atoms with Gasteiger partial charge in [-0.05, 0) is 37.2 Å². The Morgan fingerprint density at radius 3 is 2.89 bits per heavy atom. The van der Waals surface area contributed by atoms with Gasteiger partial charge in [0.05, 0.1) is 0 Å². The lowest BCUT2D eigenvalue weighted by atomic mass is 9.76. The molecule has 2 bridgehead atoms. The normalized spacial score (nSPS) is 24.1. The van der Waals surface area contributed by atoms with Crippen LogP contribution < -0.4 is 11.3 Å². The summed E-state index contributed by atoms with van der Waals surface area (Å²) in [6.07, 6.45) is 3.08. The summed E-state index contributed by atoms with van der Waals surface area (Å²) < 4.78 is 2.02. The fraction of sp³-hybridized carbons (Fsp3) is 0.550. The Hall–Kier alpha value is -2.15. The zero-order valence-electron chi connectivity index (χ0n) is 15.8. The third-order valence-corrected chi connectivity index (χ3v) is 6.54. The first-order valence-electron chi connectivity index (χ1n) is 9.65. The molecule has 1 fully saturated rings. The molecule has 6 nitrogen and oxygen atoms in total. The van der Waals surface area contributed by atoms with E-state index in [9.17, 15) is 9.59 Å². The maximum Gasteiger partial charge on any atom is 0.273 e. The van der Waals surface area contributed by atoms with Gasteiger partial charge in [-0.15, -0.1) is 11.3 Å². The van der Waals surface area contributed by atoms with Gasteiger partial charge in [-0.1, -0.05) is 19.9 Å². The average Bonchev–Trinajstić information content (AvgIpc) is 3.07. The molecule has 0 aromatic carbocycles. The van der Waals surface area contributed by atoms with Crippen LogP contribution in [-0.2, 0) is 0 Å². The molecule has 7 heteroatoms. The Bertz CT molecular complexity index is 903. The predicted octanol–water partition coefficient (Wildman–Crippen LogP) is 3.12. The van der Waals surface area contributed by atoms with Gasteiger partial charge in [0.25, 0.3) is 11.5 Å². The maximum absolute atomic E-state index is 12.9. The van der Waals surface area contributed by atoms with E-state index in [1.807, 2.05) is 15.5 Å². The molecule has 0 unspecified atom stereocenters. The molecule has 2 aliphatic rings. The number of rotatable bonds is 4. The molecule has 2 aromatic heterocycles. The summed E-state index contributed by atoms with van der Waals surface area (Å²) in [5.41, 5.74) is 7.30. The summed E-state index contributed by atoms with van der Waals surface area (Å²) in [4.78, 5) is 31.7. The molecule has 2 aliphatic heterocycles. The highest BCUT2D eigenvalue weighted by Crippen LogP contribution is 2.43. The topological polar surface area (TPSA) is 81.2 Å². The van der Waals surface area contributed by atoms with E-state index in [1.165, 1.54) is 11.3 Å². The number of piperidine rings is 1. The fourth-order valence-corrected chi connectivity index (χ4v) is 5.17. The van der Waals surface area contributed by atoms with Crippen LogP contribution in [0.3, 0.4) is 0 Å². The summed E-state index contributed by atoms with van der Waals surface area (Å²) >= 11 is 1.29. The Kier molecular flexibility index (Phi) is 4.80. The number of amides is 1. The van der Waals surface area contributed by atoms with Crippen LogP contribution >= 0.6 is 11.3 Å². The van der Waals surface area contributed by atoms with Crippen molar-refractivity contribution in [2.45, 2.75) is 45.1 Å². The van der Waals surface area contributed by atoms with Crippen molar-refractivity contribution in [2.75, 3.05) is 18.8 Å². The van der Waals surface area contributed by atoms with Gasteiger partial charge in [0, 0.05) is 42.2 Å². The highest BCUT2D eigenvalue weighted by molar-refractivity contribution is 7.13. The Balaban J connectivity index is 1.66. The Morgan fingerprint density at radius 1 is 1.37 bits per heavy atom. The van der Waals surface area contributed by atoms with Crippen LogP contribution in [0.1, 0.15) is 61.3 Å². The number of fused-ring (bicyclic) bond motifs is 4. The van der Waals surface area contributed by atoms with E-state index in [-0.39, 0.29) is 23.4 Å². The molecular formula is C20H26N4O2S. The molecule has 144 valence electrons. The number of anilines is 1. The highest BCUT2D eigenvalue weighted by Gasteiger charge is 2.41. The van der Waals surface area contributed by atoms with Crippen LogP contribution in [0.2, 0.25) is 0 Å². The number of nitrogens with zero attached hydrogens (tertiary/aromatic N) is 3. The van der Waals surface area contributed by atoms with Crippen molar-refractivity contribution in [2.24, 2.45) is 11.8 Å². The quantitative estimate of drug-likeness (QED) is 0.875. The second kappa shape index (κ2) is 7.11. The van der Waals surface area contributed by atoms with Crippen molar-refractivity contribution in [3.63, 3.8) is 0 Å². The first-order valence-corrected chi connectivity index (χ1v) is 10.5. The van der Waals surface area contributed by atoms with Crippen LogP contribution in [0.5, 0.6) is 0 Å². The standard InChI is InChI=1S/C20H26N4O2S/c1-12(2)6-7-17-14-8-13(16-4-3-5-18(25)24(16)17)9-23(10-14)19(26)15-11-27-20(21)22-15/h3-5,11-14,17H,6-10H2,1-2H3,(H2,21,22)/t13-,14+,17+/m1/s1. The number of nitrogens with two attached hydrogens (primary N) is 1. The second-order valence-corrected chi connectivity index (χ2v) is 9.06. The molecule has 3 atom stereocenters. The third-order valence-electron chi connectivity index (χ3n) is 5.87. The molecule has 2 aromatic rings. The minimum absolute atomic E-state index is 0.0491. The number of thiazole rings is 1. The maximum atomic E-state index is 12.9. The van der Waals surface area contributed by atoms with E-state index in [1.54, 1.807) is 11.4 Å². The molecule has 2 N–H and O–H groups in total. The highest BCUT2D eigenvalue weighted by atomic mass is 32.1. The third kappa shape index (κ3) is 3.40. The van der Waals surface area contributed by atoms with Crippen molar-refractivity contribution in [1.82, 2.24) is 14.5 Å². The SMILES string of the molecule is CC(C)CC[C@H]1[C@H]2C[C@H](CN(C(=O)c3csc(N)n3)C2)c2cccc(=O)n21. The molecule has 0 aliphatic carbocycles. The van der Waals surface area contributed by atoms with Crippen molar-refractivity contribution in [3.05, 3.63) is 45.3 Å². The van der Waals surface area contributed by atoms with E-state index < -0.39 is 0 Å². The van der Waals surface area contributed by atoms with E-state index in [0.29, 0.717) is 35.8 Å². The zero-order chi connectivity index (χ0) is 19.1. The van der Waals surface area contributed by atoms with Crippen LogP contribution in [0.15, 0.2) is 28.4 Å². The fourth-order valence-electron chi connectivity index (χ4n) is 4.63. The molecule has 0 saturated carbocycles. The molecule has 0 radical (unpaired) electrons. The Morgan fingerprint density at radius 2 is 2.19 bits per heavy atom. The van der Waals surface area contributed by atoms with Gasteiger partial charge in [0.1, 0.15) is 5.69 Å². The monoisotopic (exact) mass is 386 g/mol. The summed E-state index contributed by atoms with van der Waals surface area (Å²) in [6, 6.07) is 5.71. The van der Waals surface area contributed by atoms with Gasteiger partial charge in [0.15, 0.2) is 5.13 Å². The summed E-state index contributed by atoms with van der Waals surface area (Å²) in [5.74, 6) is 1.04. The minimum atomic E-state index is -0.0491. The second-order valence-electron chi connectivity index (χ2n) is 8.17. The number of likely N-dealkylation sites (tertiary alicyclic amines) is 1.